The van der Waals surface area contributed by atoms with Crippen LogP contribution in [0.15, 0.2) is 52.2 Å². The minimum Gasteiger partial charge on any atom is -0.493 e. The molecule has 1 aliphatic carbocycles. The van der Waals surface area contributed by atoms with Crippen LogP contribution in [0.5, 0.6) is 5.75 Å². The van der Waals surface area contributed by atoms with Crippen LogP contribution in [-0.4, -0.2) is 34.6 Å². The van der Waals surface area contributed by atoms with Gasteiger partial charge in [0, 0.05) is 11.6 Å². The van der Waals surface area contributed by atoms with Crippen LogP contribution in [0.4, 0.5) is 5.69 Å². The van der Waals surface area contributed by atoms with Gasteiger partial charge in [0.25, 0.3) is 15.6 Å². The van der Waals surface area contributed by atoms with E-state index in [0.717, 1.165) is 37.1 Å². The van der Waals surface area contributed by atoms with Gasteiger partial charge in [-0.1, -0.05) is 51.7 Å². The maximum atomic E-state index is 13.4. The summed E-state index contributed by atoms with van der Waals surface area (Å²) in [6, 6.07) is 11.9. The summed E-state index contributed by atoms with van der Waals surface area (Å²) in [6.07, 6.45) is 6.65. The SMILES string of the molecule is CCOc1ccc(S(=O)(=O)Nc2ccc(C(C)C)cc2)cc1-c1nn2c(C3CCCCCC3)nc(C)c2c(=O)[nH]1. The van der Waals surface area contributed by atoms with Crippen molar-refractivity contribution in [3.8, 4) is 17.1 Å². The van der Waals surface area contributed by atoms with E-state index in [4.69, 9.17) is 14.8 Å². The molecule has 9 nitrogen and oxygen atoms in total. The van der Waals surface area contributed by atoms with E-state index >= 15 is 0 Å². The number of hydrogen-bond acceptors (Lipinski definition) is 6. The first kappa shape index (κ1) is 27.9. The second-order valence-electron chi connectivity index (χ2n) is 10.8. The Hall–Kier alpha value is -3.66. The zero-order valence-corrected chi connectivity index (χ0v) is 24.3. The molecule has 0 unspecified atom stereocenters. The van der Waals surface area contributed by atoms with Gasteiger partial charge in [-0.2, -0.15) is 0 Å². The molecule has 212 valence electrons. The van der Waals surface area contributed by atoms with Crippen molar-refractivity contribution in [1.29, 1.82) is 0 Å². The van der Waals surface area contributed by atoms with E-state index in [9.17, 15) is 13.2 Å². The van der Waals surface area contributed by atoms with E-state index < -0.39 is 10.0 Å². The van der Waals surface area contributed by atoms with Crippen LogP contribution in [-0.2, 0) is 10.0 Å². The normalized spacial score (nSPS) is 14.9. The molecule has 2 aromatic heterocycles. The van der Waals surface area contributed by atoms with Crippen LogP contribution in [0.25, 0.3) is 16.9 Å². The Labute approximate surface area is 235 Å². The molecule has 5 rings (SSSR count). The van der Waals surface area contributed by atoms with Crippen molar-refractivity contribution in [2.24, 2.45) is 0 Å². The van der Waals surface area contributed by atoms with Gasteiger partial charge in [0.2, 0.25) is 0 Å². The number of nitrogens with one attached hydrogen (secondary N) is 2. The number of hydrogen-bond donors (Lipinski definition) is 2. The van der Waals surface area contributed by atoms with Crippen molar-refractivity contribution >= 4 is 21.2 Å². The number of H-pyrrole nitrogens is 1. The lowest BCUT2D eigenvalue weighted by Gasteiger charge is -2.15. The highest BCUT2D eigenvalue weighted by Gasteiger charge is 2.25. The fourth-order valence-electron chi connectivity index (χ4n) is 5.41. The molecule has 1 saturated carbocycles. The predicted octanol–water partition coefficient (Wildman–Crippen LogP) is 6.15. The summed E-state index contributed by atoms with van der Waals surface area (Å²) >= 11 is 0. The quantitative estimate of drug-likeness (QED) is 0.248. The van der Waals surface area contributed by atoms with Crippen LogP contribution >= 0.6 is 0 Å². The third-order valence-electron chi connectivity index (χ3n) is 7.57. The lowest BCUT2D eigenvalue weighted by Crippen LogP contribution is -2.17. The lowest BCUT2D eigenvalue weighted by atomic mass is 10.00. The summed E-state index contributed by atoms with van der Waals surface area (Å²) in [6.45, 7) is 8.20. The fraction of sp³-hybridized carbons (Fsp3) is 0.433. The molecule has 0 radical (unpaired) electrons. The summed E-state index contributed by atoms with van der Waals surface area (Å²) < 4.78 is 36.9. The van der Waals surface area contributed by atoms with Gasteiger partial charge in [-0.05, 0) is 68.5 Å². The molecule has 4 aromatic rings. The number of aromatic amines is 1. The smallest absolute Gasteiger partial charge is 0.277 e. The van der Waals surface area contributed by atoms with Crippen molar-refractivity contribution in [2.45, 2.75) is 83.0 Å². The molecule has 10 heteroatoms. The van der Waals surface area contributed by atoms with E-state index in [0.29, 0.717) is 40.7 Å². The van der Waals surface area contributed by atoms with E-state index in [-0.39, 0.29) is 22.2 Å². The molecule has 0 atom stereocenters. The van der Waals surface area contributed by atoms with Crippen molar-refractivity contribution in [2.75, 3.05) is 11.3 Å². The number of sulfonamides is 1. The van der Waals surface area contributed by atoms with Crippen molar-refractivity contribution in [3.63, 3.8) is 0 Å². The summed E-state index contributed by atoms with van der Waals surface area (Å²) in [5.74, 6) is 2.00. The van der Waals surface area contributed by atoms with E-state index in [2.05, 4.69) is 23.6 Å². The Morgan fingerprint density at radius 1 is 1.07 bits per heavy atom. The summed E-state index contributed by atoms with van der Waals surface area (Å²) in [5, 5.41) is 4.81. The number of nitrogens with zero attached hydrogens (tertiary/aromatic N) is 3. The third-order valence-corrected chi connectivity index (χ3v) is 8.95. The second kappa shape index (κ2) is 11.4. The van der Waals surface area contributed by atoms with Gasteiger partial charge in [0.05, 0.1) is 22.8 Å². The van der Waals surface area contributed by atoms with Crippen molar-refractivity contribution < 1.29 is 13.2 Å². The van der Waals surface area contributed by atoms with Crippen molar-refractivity contribution in [1.82, 2.24) is 19.6 Å². The van der Waals surface area contributed by atoms with E-state index in [1.54, 1.807) is 22.7 Å². The number of rotatable bonds is 8. The predicted molar refractivity (Wildman–Crippen MR) is 157 cm³/mol. The van der Waals surface area contributed by atoms with E-state index in [1.165, 1.54) is 25.0 Å². The summed E-state index contributed by atoms with van der Waals surface area (Å²) in [5.41, 5.74) is 2.69. The maximum absolute atomic E-state index is 13.4. The van der Waals surface area contributed by atoms with Crippen LogP contribution in [0.1, 0.15) is 88.2 Å². The van der Waals surface area contributed by atoms with Gasteiger partial charge in [0.15, 0.2) is 11.3 Å². The van der Waals surface area contributed by atoms with Crippen LogP contribution in [0.3, 0.4) is 0 Å². The number of benzene rings is 2. The molecule has 1 fully saturated rings. The number of fused-ring (bicyclic) bond motifs is 1. The Bertz CT molecular complexity index is 1660. The van der Waals surface area contributed by atoms with E-state index in [1.807, 2.05) is 26.0 Å². The Kier molecular flexibility index (Phi) is 7.98. The fourth-order valence-corrected chi connectivity index (χ4v) is 6.49. The second-order valence-corrected chi connectivity index (χ2v) is 12.5. The first-order valence-corrected chi connectivity index (χ1v) is 15.6. The van der Waals surface area contributed by atoms with Gasteiger partial charge in [-0.25, -0.2) is 17.9 Å². The van der Waals surface area contributed by atoms with Gasteiger partial charge in [0.1, 0.15) is 11.6 Å². The summed E-state index contributed by atoms with van der Waals surface area (Å²) in [7, 11) is -3.93. The monoisotopic (exact) mass is 563 g/mol. The largest absolute Gasteiger partial charge is 0.493 e. The van der Waals surface area contributed by atoms with Crippen LogP contribution in [0.2, 0.25) is 0 Å². The minimum atomic E-state index is -3.93. The molecule has 0 aliphatic heterocycles. The molecule has 0 bridgehead atoms. The summed E-state index contributed by atoms with van der Waals surface area (Å²) in [4.78, 5) is 21.0. The first-order valence-electron chi connectivity index (χ1n) is 14.1. The number of aromatic nitrogens is 4. The van der Waals surface area contributed by atoms with Crippen LogP contribution < -0.4 is 15.0 Å². The molecule has 0 saturated heterocycles. The first-order chi connectivity index (χ1) is 19.2. The number of imidazole rings is 1. The third kappa shape index (κ3) is 5.63. The molecule has 40 heavy (non-hydrogen) atoms. The maximum Gasteiger partial charge on any atom is 0.277 e. The molecule has 2 heterocycles. The zero-order valence-electron chi connectivity index (χ0n) is 23.5. The Morgan fingerprint density at radius 3 is 2.42 bits per heavy atom. The molecule has 2 N–H and O–H groups in total. The number of ether oxygens (including phenoxy) is 1. The van der Waals surface area contributed by atoms with Gasteiger partial charge >= 0.3 is 0 Å². The Morgan fingerprint density at radius 2 is 1.77 bits per heavy atom. The molecular formula is C30H37N5O4S. The van der Waals surface area contributed by atoms with Gasteiger partial charge in [-0.15, -0.1) is 5.10 Å². The highest BCUT2D eigenvalue weighted by Crippen LogP contribution is 2.34. The average Bonchev–Trinajstić information content (AvgIpc) is 3.08. The minimum absolute atomic E-state index is 0.0347. The zero-order chi connectivity index (χ0) is 28.4. The molecule has 0 amide bonds. The standard InChI is InChI=1S/C30H37N5O4S/c1-5-39-26-17-16-24(40(37,38)34-23-14-12-21(13-15-23)19(2)3)18-25(26)28-32-30(36)27-20(4)31-29(35(27)33-28)22-10-8-6-7-9-11-22/h12-19,22,34H,5-11H2,1-4H3,(H,32,33,36). The van der Waals surface area contributed by atoms with Crippen LogP contribution in [0, 0.1) is 6.92 Å². The van der Waals surface area contributed by atoms with Gasteiger partial charge < -0.3 is 9.72 Å². The highest BCUT2D eigenvalue weighted by atomic mass is 32.2. The van der Waals surface area contributed by atoms with Crippen molar-refractivity contribution in [3.05, 3.63) is 69.9 Å². The Balaban J connectivity index is 1.58. The van der Waals surface area contributed by atoms with Gasteiger partial charge in [-0.3, -0.25) is 9.52 Å². The highest BCUT2D eigenvalue weighted by molar-refractivity contribution is 7.92. The molecular weight excluding hydrogens is 526 g/mol. The molecule has 2 aromatic carbocycles. The average molecular weight is 564 g/mol. The number of anilines is 1. The topological polar surface area (TPSA) is 118 Å². The molecule has 1 aliphatic rings. The lowest BCUT2D eigenvalue weighted by molar-refractivity contribution is 0.341. The number of aryl methyl sites for hydroxylation is 1. The molecule has 0 spiro atoms.